The van der Waals surface area contributed by atoms with Crippen LogP contribution in [0.2, 0.25) is 0 Å². The smallest absolute Gasteiger partial charge is 0.229 e. The number of hydrogen-bond acceptors (Lipinski definition) is 4. The van der Waals surface area contributed by atoms with Gasteiger partial charge in [0.05, 0.1) is 23.7 Å². The van der Waals surface area contributed by atoms with Crippen molar-refractivity contribution in [2.75, 3.05) is 15.9 Å². The highest BCUT2D eigenvalue weighted by molar-refractivity contribution is 7.92. The molecule has 1 fully saturated rings. The predicted molar refractivity (Wildman–Crippen MR) is 153 cm³/mol. The lowest BCUT2D eigenvalue weighted by Crippen LogP contribution is -2.30. The molecule has 2 atom stereocenters. The topological polar surface area (TPSA) is 79.3 Å². The van der Waals surface area contributed by atoms with Crippen LogP contribution < -0.4 is 14.9 Å². The molecule has 0 bridgehead atoms. The van der Waals surface area contributed by atoms with E-state index in [0.717, 1.165) is 34.6 Å². The molecule has 5 rings (SSSR count). The molecular formula is C28H29N5O2S2. The molecule has 0 saturated carbocycles. The molecule has 2 aromatic heterocycles. The van der Waals surface area contributed by atoms with Crippen LogP contribution >= 0.6 is 12.2 Å². The molecule has 9 heteroatoms. The molecule has 1 aliphatic rings. The number of thiocarbonyl (C=S) groups is 1. The molecule has 0 radical (unpaired) electrons. The number of anilines is 2. The molecule has 0 amide bonds. The van der Waals surface area contributed by atoms with Crippen molar-refractivity contribution in [2.24, 2.45) is 0 Å². The van der Waals surface area contributed by atoms with Crippen LogP contribution in [0.1, 0.15) is 40.2 Å². The number of rotatable bonds is 6. The minimum absolute atomic E-state index is 0.192. The van der Waals surface area contributed by atoms with Crippen molar-refractivity contribution < 1.29 is 8.42 Å². The van der Waals surface area contributed by atoms with E-state index in [2.05, 4.69) is 68.8 Å². The molecule has 0 spiro atoms. The molecule has 190 valence electrons. The molecule has 2 aromatic carbocycles. The minimum atomic E-state index is -3.39. The van der Waals surface area contributed by atoms with Crippen molar-refractivity contribution in [3.63, 3.8) is 0 Å². The number of pyridine rings is 1. The Labute approximate surface area is 223 Å². The number of benzene rings is 2. The number of aromatic nitrogens is 2. The Morgan fingerprint density at radius 2 is 1.68 bits per heavy atom. The van der Waals surface area contributed by atoms with Gasteiger partial charge in [0.1, 0.15) is 6.04 Å². The van der Waals surface area contributed by atoms with Crippen LogP contribution in [0.5, 0.6) is 0 Å². The maximum absolute atomic E-state index is 11.8. The average molecular weight is 532 g/mol. The van der Waals surface area contributed by atoms with E-state index in [9.17, 15) is 8.42 Å². The van der Waals surface area contributed by atoms with Gasteiger partial charge in [-0.1, -0.05) is 12.1 Å². The van der Waals surface area contributed by atoms with Gasteiger partial charge in [0.25, 0.3) is 0 Å². The second-order valence-corrected chi connectivity index (χ2v) is 11.6. The summed E-state index contributed by atoms with van der Waals surface area (Å²) < 4.78 is 28.4. The zero-order valence-electron chi connectivity index (χ0n) is 21.1. The first-order chi connectivity index (χ1) is 17.6. The van der Waals surface area contributed by atoms with Crippen LogP contribution in [0.4, 0.5) is 11.4 Å². The van der Waals surface area contributed by atoms with Crippen LogP contribution in [0.15, 0.2) is 79.1 Å². The third-order valence-electron chi connectivity index (χ3n) is 6.73. The van der Waals surface area contributed by atoms with Gasteiger partial charge in [-0.15, -0.1) is 0 Å². The molecule has 3 heterocycles. The van der Waals surface area contributed by atoms with Crippen molar-refractivity contribution in [2.45, 2.75) is 32.9 Å². The van der Waals surface area contributed by atoms with Gasteiger partial charge in [0.2, 0.25) is 10.0 Å². The Morgan fingerprint density at radius 1 is 0.919 bits per heavy atom. The lowest BCUT2D eigenvalue weighted by molar-refractivity contribution is 0.549. The van der Waals surface area contributed by atoms with Gasteiger partial charge >= 0.3 is 0 Å². The summed E-state index contributed by atoms with van der Waals surface area (Å²) in [6.45, 7) is 6.11. The molecule has 37 heavy (non-hydrogen) atoms. The second kappa shape index (κ2) is 9.64. The summed E-state index contributed by atoms with van der Waals surface area (Å²) in [5, 5.41) is 4.08. The standard InChI is InChI=1S/C28H29N5O2S2/c1-18-10-11-21(16-19(18)2)32-15-7-9-25(32)27-26(24-8-5-6-14-29-24)30-28(36)33(27)22-12-13-23(20(3)17-22)31-37(4,34)35/h5-17,26-27,31H,1-4H3,(H,30,36). The fourth-order valence-corrected chi connectivity index (χ4v) is 5.77. The van der Waals surface area contributed by atoms with Crippen molar-refractivity contribution in [1.82, 2.24) is 14.9 Å². The van der Waals surface area contributed by atoms with Gasteiger partial charge in [-0.05, 0) is 104 Å². The zero-order valence-corrected chi connectivity index (χ0v) is 22.8. The summed E-state index contributed by atoms with van der Waals surface area (Å²) in [5.41, 5.74) is 7.69. The first-order valence-electron chi connectivity index (χ1n) is 12.0. The van der Waals surface area contributed by atoms with E-state index in [0.29, 0.717) is 10.8 Å². The van der Waals surface area contributed by atoms with Gasteiger partial charge in [-0.3, -0.25) is 9.71 Å². The maximum atomic E-state index is 11.8. The molecule has 2 N–H and O–H groups in total. The number of nitrogens with one attached hydrogen (secondary N) is 2. The minimum Gasteiger partial charge on any atom is -0.351 e. The summed E-state index contributed by atoms with van der Waals surface area (Å²) >= 11 is 5.88. The van der Waals surface area contributed by atoms with Crippen LogP contribution in [-0.2, 0) is 10.0 Å². The Balaban J connectivity index is 1.64. The molecule has 1 aliphatic heterocycles. The number of sulfonamides is 1. The third-order valence-corrected chi connectivity index (χ3v) is 7.64. The van der Waals surface area contributed by atoms with Crippen molar-refractivity contribution >= 4 is 38.7 Å². The lowest BCUT2D eigenvalue weighted by atomic mass is 10.00. The van der Waals surface area contributed by atoms with Crippen LogP contribution in [0.3, 0.4) is 0 Å². The fourth-order valence-electron chi connectivity index (χ4n) is 4.79. The van der Waals surface area contributed by atoms with Crippen molar-refractivity contribution in [1.29, 1.82) is 0 Å². The van der Waals surface area contributed by atoms with Crippen LogP contribution in [0.25, 0.3) is 5.69 Å². The van der Waals surface area contributed by atoms with Crippen LogP contribution in [0, 0.1) is 20.8 Å². The van der Waals surface area contributed by atoms with E-state index in [1.807, 2.05) is 43.3 Å². The normalized spacial score (nSPS) is 17.6. The lowest BCUT2D eigenvalue weighted by Gasteiger charge is -2.29. The van der Waals surface area contributed by atoms with E-state index in [4.69, 9.17) is 12.2 Å². The number of aryl methyl sites for hydroxylation is 3. The average Bonchev–Trinajstić information content (AvgIpc) is 3.46. The van der Waals surface area contributed by atoms with E-state index in [1.165, 1.54) is 11.1 Å². The Morgan fingerprint density at radius 3 is 2.35 bits per heavy atom. The highest BCUT2D eigenvalue weighted by atomic mass is 32.2. The summed E-state index contributed by atoms with van der Waals surface area (Å²) in [4.78, 5) is 6.74. The molecular weight excluding hydrogens is 502 g/mol. The van der Waals surface area contributed by atoms with Crippen molar-refractivity contribution in [3.8, 4) is 5.69 Å². The van der Waals surface area contributed by atoms with Crippen LogP contribution in [-0.4, -0.2) is 29.3 Å². The summed E-state index contributed by atoms with van der Waals surface area (Å²) in [5.74, 6) is 0. The van der Waals surface area contributed by atoms with E-state index in [1.54, 1.807) is 12.3 Å². The SMILES string of the molecule is Cc1ccc(-n2cccc2C2C(c3ccccn3)NC(=S)N2c2ccc(NS(C)(=O)=O)c(C)c2)cc1C. The Bertz CT molecular complexity index is 1580. The highest BCUT2D eigenvalue weighted by Gasteiger charge is 2.42. The van der Waals surface area contributed by atoms with Gasteiger partial charge < -0.3 is 14.8 Å². The van der Waals surface area contributed by atoms with Crippen molar-refractivity contribution in [3.05, 3.63) is 107 Å². The number of hydrogen-bond donors (Lipinski definition) is 2. The maximum Gasteiger partial charge on any atom is 0.229 e. The van der Waals surface area contributed by atoms with Gasteiger partial charge in [-0.2, -0.15) is 0 Å². The largest absolute Gasteiger partial charge is 0.351 e. The van der Waals surface area contributed by atoms with E-state index >= 15 is 0 Å². The van der Waals surface area contributed by atoms with Gasteiger partial charge in [0, 0.05) is 29.5 Å². The molecule has 1 saturated heterocycles. The monoisotopic (exact) mass is 531 g/mol. The fraction of sp³-hybridized carbons (Fsp3) is 0.214. The predicted octanol–water partition coefficient (Wildman–Crippen LogP) is 5.35. The van der Waals surface area contributed by atoms with E-state index < -0.39 is 10.0 Å². The second-order valence-electron chi connectivity index (χ2n) is 9.44. The third kappa shape index (κ3) is 4.97. The van der Waals surface area contributed by atoms with E-state index in [-0.39, 0.29) is 12.1 Å². The molecule has 0 aliphatic carbocycles. The highest BCUT2D eigenvalue weighted by Crippen LogP contribution is 2.43. The molecule has 4 aromatic rings. The first-order valence-corrected chi connectivity index (χ1v) is 14.3. The summed E-state index contributed by atoms with van der Waals surface area (Å²) in [6.07, 6.45) is 5.01. The summed E-state index contributed by atoms with van der Waals surface area (Å²) in [6, 6.07) is 21.7. The van der Waals surface area contributed by atoms with Gasteiger partial charge in [0.15, 0.2) is 5.11 Å². The first kappa shape index (κ1) is 25.0. The Hall–Kier alpha value is -3.69. The quantitative estimate of drug-likeness (QED) is 0.327. The molecule has 2 unspecified atom stereocenters. The van der Waals surface area contributed by atoms with Gasteiger partial charge in [-0.25, -0.2) is 8.42 Å². The molecule has 7 nitrogen and oxygen atoms in total. The zero-order chi connectivity index (χ0) is 26.3. The Kier molecular flexibility index (Phi) is 6.51. The summed E-state index contributed by atoms with van der Waals surface area (Å²) in [7, 11) is -3.39. The number of nitrogens with zero attached hydrogens (tertiary/aromatic N) is 3.